The number of hydrogen-bond acceptors (Lipinski definition) is 3. The average Bonchev–Trinajstić information content (AvgIpc) is 2.98. The number of anilines is 1. The summed E-state index contributed by atoms with van der Waals surface area (Å²) < 4.78 is 0. The Labute approximate surface area is 145 Å². The van der Waals surface area contributed by atoms with Crippen LogP contribution in [0.5, 0.6) is 0 Å². The molecular formula is C18H28ClN3O. The number of piperidine rings is 1. The van der Waals surface area contributed by atoms with Crippen LogP contribution in [0.3, 0.4) is 0 Å². The molecule has 128 valence electrons. The monoisotopic (exact) mass is 337 g/mol. The highest BCUT2D eigenvalue weighted by Gasteiger charge is 2.27. The predicted molar refractivity (Wildman–Crippen MR) is 97.5 cm³/mol. The van der Waals surface area contributed by atoms with Crippen molar-refractivity contribution in [3.8, 4) is 0 Å². The maximum absolute atomic E-state index is 12.6. The number of para-hydroxylation sites is 1. The van der Waals surface area contributed by atoms with E-state index in [1.165, 1.54) is 24.8 Å². The molecule has 3 rings (SSSR count). The Morgan fingerprint density at radius 3 is 2.70 bits per heavy atom. The van der Waals surface area contributed by atoms with Crippen LogP contribution in [0.1, 0.15) is 24.8 Å². The van der Waals surface area contributed by atoms with E-state index in [0.29, 0.717) is 6.54 Å². The zero-order chi connectivity index (χ0) is 15.4. The Morgan fingerprint density at radius 2 is 1.96 bits per heavy atom. The van der Waals surface area contributed by atoms with Crippen LogP contribution in [0, 0.1) is 5.92 Å². The Morgan fingerprint density at radius 1 is 1.22 bits per heavy atom. The first-order valence-electron chi connectivity index (χ1n) is 8.53. The van der Waals surface area contributed by atoms with Gasteiger partial charge in [-0.3, -0.25) is 9.69 Å². The first kappa shape index (κ1) is 18.2. The molecule has 0 radical (unpaired) electrons. The van der Waals surface area contributed by atoms with Gasteiger partial charge in [0.1, 0.15) is 0 Å². The van der Waals surface area contributed by atoms with Crippen molar-refractivity contribution >= 4 is 24.0 Å². The molecule has 0 unspecified atom stereocenters. The summed E-state index contributed by atoms with van der Waals surface area (Å²) in [6.45, 7) is 4.66. The summed E-state index contributed by atoms with van der Waals surface area (Å²) in [7, 11) is 2.02. The highest BCUT2D eigenvalue weighted by molar-refractivity contribution is 5.96. The van der Waals surface area contributed by atoms with Crippen LogP contribution in [0.25, 0.3) is 0 Å². The van der Waals surface area contributed by atoms with Gasteiger partial charge in [-0.25, -0.2) is 0 Å². The molecule has 1 aromatic carbocycles. The second-order valence-electron chi connectivity index (χ2n) is 6.54. The number of halogens is 1. The molecule has 2 aliphatic heterocycles. The molecule has 1 amide bonds. The van der Waals surface area contributed by atoms with Crippen LogP contribution in [-0.2, 0) is 11.2 Å². The first-order valence-corrected chi connectivity index (χ1v) is 8.53. The van der Waals surface area contributed by atoms with Crippen molar-refractivity contribution in [3.63, 3.8) is 0 Å². The zero-order valence-electron chi connectivity index (χ0n) is 14.0. The molecule has 0 bridgehead atoms. The van der Waals surface area contributed by atoms with Gasteiger partial charge < -0.3 is 10.2 Å². The molecule has 0 spiro atoms. The lowest BCUT2D eigenvalue weighted by molar-refractivity contribution is -0.120. The van der Waals surface area contributed by atoms with Crippen molar-refractivity contribution in [1.82, 2.24) is 10.2 Å². The molecule has 1 saturated heterocycles. The molecule has 0 atom stereocenters. The number of benzene rings is 1. The van der Waals surface area contributed by atoms with Gasteiger partial charge in [0, 0.05) is 12.2 Å². The molecule has 5 heteroatoms. The summed E-state index contributed by atoms with van der Waals surface area (Å²) in [5.74, 6) is 1.09. The molecule has 0 aliphatic carbocycles. The van der Waals surface area contributed by atoms with Gasteiger partial charge in [-0.1, -0.05) is 18.2 Å². The number of nitrogens with one attached hydrogen (secondary N) is 1. The van der Waals surface area contributed by atoms with Crippen molar-refractivity contribution in [1.29, 1.82) is 0 Å². The number of carbonyl (C=O) groups excluding carboxylic acids is 1. The van der Waals surface area contributed by atoms with Crippen LogP contribution in [-0.4, -0.2) is 50.6 Å². The van der Waals surface area contributed by atoms with E-state index in [1.807, 2.05) is 18.0 Å². The summed E-state index contributed by atoms with van der Waals surface area (Å²) in [5.41, 5.74) is 2.43. The lowest BCUT2D eigenvalue weighted by Crippen LogP contribution is -2.43. The fourth-order valence-corrected chi connectivity index (χ4v) is 3.66. The van der Waals surface area contributed by atoms with Gasteiger partial charge in [0.15, 0.2) is 0 Å². The quantitative estimate of drug-likeness (QED) is 0.895. The smallest absolute Gasteiger partial charge is 0.241 e. The Balaban J connectivity index is 0.00000192. The maximum atomic E-state index is 12.6. The third kappa shape index (κ3) is 4.46. The number of hydrogen-bond donors (Lipinski definition) is 1. The number of fused-ring (bicyclic) bond motifs is 1. The number of amides is 1. The standard InChI is InChI=1S/C18H27N3O.ClH/c1-19-10-6-15-7-11-20(12-8-15)14-18(22)21-13-9-16-4-2-3-5-17(16)21;/h2-5,15,19H,6-14H2,1H3;1H. The van der Waals surface area contributed by atoms with E-state index in [9.17, 15) is 4.79 Å². The molecule has 1 N–H and O–H groups in total. The fourth-order valence-electron chi connectivity index (χ4n) is 3.66. The van der Waals surface area contributed by atoms with Gasteiger partial charge >= 0.3 is 0 Å². The van der Waals surface area contributed by atoms with Crippen molar-refractivity contribution < 1.29 is 4.79 Å². The van der Waals surface area contributed by atoms with Crippen LogP contribution >= 0.6 is 12.4 Å². The second-order valence-corrected chi connectivity index (χ2v) is 6.54. The summed E-state index contributed by atoms with van der Waals surface area (Å²) in [5, 5.41) is 3.23. The van der Waals surface area contributed by atoms with Crippen LogP contribution in [0.4, 0.5) is 5.69 Å². The van der Waals surface area contributed by atoms with Gasteiger partial charge in [0.2, 0.25) is 5.91 Å². The molecule has 23 heavy (non-hydrogen) atoms. The normalized spacial score (nSPS) is 18.6. The van der Waals surface area contributed by atoms with Crippen LogP contribution in [0.2, 0.25) is 0 Å². The SMILES string of the molecule is CNCCC1CCN(CC(=O)N2CCc3ccccc32)CC1.Cl. The largest absolute Gasteiger partial charge is 0.320 e. The minimum atomic E-state index is 0. The van der Waals surface area contributed by atoms with Gasteiger partial charge in [0.25, 0.3) is 0 Å². The van der Waals surface area contributed by atoms with Gasteiger partial charge in [-0.15, -0.1) is 12.4 Å². The van der Waals surface area contributed by atoms with Crippen molar-refractivity contribution in [2.45, 2.75) is 25.7 Å². The third-order valence-corrected chi connectivity index (χ3v) is 5.06. The van der Waals surface area contributed by atoms with E-state index in [4.69, 9.17) is 0 Å². The van der Waals surface area contributed by atoms with Gasteiger partial charge in [-0.2, -0.15) is 0 Å². The highest BCUT2D eigenvalue weighted by atomic mass is 35.5. The molecule has 1 aromatic rings. The molecule has 0 saturated carbocycles. The maximum Gasteiger partial charge on any atom is 0.241 e. The minimum Gasteiger partial charge on any atom is -0.320 e. The summed E-state index contributed by atoms with van der Waals surface area (Å²) in [6, 6.07) is 8.29. The summed E-state index contributed by atoms with van der Waals surface area (Å²) in [4.78, 5) is 16.9. The lowest BCUT2D eigenvalue weighted by Gasteiger charge is -2.32. The average molecular weight is 338 g/mol. The first-order chi connectivity index (χ1) is 10.8. The van der Waals surface area contributed by atoms with E-state index >= 15 is 0 Å². The molecule has 2 heterocycles. The van der Waals surface area contributed by atoms with Crippen molar-refractivity contribution in [3.05, 3.63) is 29.8 Å². The van der Waals surface area contributed by atoms with Crippen LogP contribution < -0.4 is 10.2 Å². The molecular weight excluding hydrogens is 310 g/mol. The van der Waals surface area contributed by atoms with E-state index in [0.717, 1.165) is 44.2 Å². The van der Waals surface area contributed by atoms with E-state index in [2.05, 4.69) is 28.4 Å². The lowest BCUT2D eigenvalue weighted by atomic mass is 9.93. The number of likely N-dealkylation sites (tertiary alicyclic amines) is 1. The third-order valence-electron chi connectivity index (χ3n) is 5.06. The fraction of sp³-hybridized carbons (Fsp3) is 0.611. The minimum absolute atomic E-state index is 0. The topological polar surface area (TPSA) is 35.6 Å². The van der Waals surface area contributed by atoms with E-state index in [1.54, 1.807) is 0 Å². The molecule has 2 aliphatic rings. The number of rotatable bonds is 5. The van der Waals surface area contributed by atoms with Gasteiger partial charge in [0.05, 0.1) is 6.54 Å². The predicted octanol–water partition coefficient (Wildman–Crippen LogP) is 2.32. The molecule has 1 fully saturated rings. The summed E-state index contributed by atoms with van der Waals surface area (Å²) >= 11 is 0. The summed E-state index contributed by atoms with van der Waals surface area (Å²) in [6.07, 6.45) is 4.71. The number of carbonyl (C=O) groups is 1. The van der Waals surface area contributed by atoms with E-state index < -0.39 is 0 Å². The van der Waals surface area contributed by atoms with Crippen LogP contribution in [0.15, 0.2) is 24.3 Å². The second kappa shape index (κ2) is 8.67. The highest BCUT2D eigenvalue weighted by Crippen LogP contribution is 2.28. The Kier molecular flexibility index (Phi) is 6.88. The van der Waals surface area contributed by atoms with Crippen molar-refractivity contribution in [2.75, 3.05) is 44.7 Å². The van der Waals surface area contributed by atoms with E-state index in [-0.39, 0.29) is 18.3 Å². The number of nitrogens with zero attached hydrogens (tertiary/aromatic N) is 2. The Hall–Kier alpha value is -1.10. The van der Waals surface area contributed by atoms with Gasteiger partial charge in [-0.05, 0) is 69.9 Å². The van der Waals surface area contributed by atoms with Crippen molar-refractivity contribution in [2.24, 2.45) is 5.92 Å². The molecule has 0 aromatic heterocycles. The zero-order valence-corrected chi connectivity index (χ0v) is 14.8. The molecule has 4 nitrogen and oxygen atoms in total. The Bertz CT molecular complexity index is 515.